The third kappa shape index (κ3) is 1.94. The van der Waals surface area contributed by atoms with Gasteiger partial charge in [-0.3, -0.25) is 4.55 Å². The van der Waals surface area contributed by atoms with Crippen molar-refractivity contribution in [3.63, 3.8) is 0 Å². The Balaban J connectivity index is 2.83. The molecule has 84 valence electrons. The van der Waals surface area contributed by atoms with Crippen molar-refractivity contribution in [3.05, 3.63) is 41.0 Å². The molecule has 0 radical (unpaired) electrons. The highest BCUT2D eigenvalue weighted by atomic mass is 32.2. The largest absolute Gasteiger partial charge is 0.295 e. The lowest BCUT2D eigenvalue weighted by Gasteiger charge is -2.09. The third-order valence-electron chi connectivity index (χ3n) is 2.54. The molecule has 0 aromatic heterocycles. The van der Waals surface area contributed by atoms with Gasteiger partial charge >= 0.3 is 0 Å². The minimum absolute atomic E-state index is 0.00722. The summed E-state index contributed by atoms with van der Waals surface area (Å²) >= 11 is 0. The Morgan fingerprint density at radius 1 is 1.19 bits per heavy atom. The standard InChI is InChI=1S/C12H12O3S/c1-9-7-8-10-5-3-2-4-6-11(10)12(9)16(13,14)15/h3-8H,2H2,1H3,(H,13,14,15). The van der Waals surface area contributed by atoms with E-state index in [0.717, 1.165) is 12.0 Å². The van der Waals surface area contributed by atoms with Gasteiger partial charge in [-0.25, -0.2) is 0 Å². The summed E-state index contributed by atoms with van der Waals surface area (Å²) in [4.78, 5) is 0.00722. The van der Waals surface area contributed by atoms with Crippen LogP contribution in [0.25, 0.3) is 12.2 Å². The van der Waals surface area contributed by atoms with E-state index in [1.54, 1.807) is 19.1 Å². The van der Waals surface area contributed by atoms with E-state index in [1.165, 1.54) is 0 Å². The molecule has 1 aromatic rings. The molecule has 0 bridgehead atoms. The maximum Gasteiger partial charge on any atom is 0.295 e. The molecule has 3 nitrogen and oxygen atoms in total. The van der Waals surface area contributed by atoms with Gasteiger partial charge in [0.25, 0.3) is 10.1 Å². The van der Waals surface area contributed by atoms with Gasteiger partial charge in [0, 0.05) is 5.56 Å². The second kappa shape index (κ2) is 3.88. The zero-order valence-corrected chi connectivity index (χ0v) is 9.66. The fourth-order valence-corrected chi connectivity index (χ4v) is 2.78. The van der Waals surface area contributed by atoms with Crippen molar-refractivity contribution in [3.8, 4) is 0 Å². The van der Waals surface area contributed by atoms with E-state index in [1.807, 2.05) is 24.3 Å². The molecule has 0 aliphatic heterocycles. The van der Waals surface area contributed by atoms with E-state index in [-0.39, 0.29) is 4.90 Å². The van der Waals surface area contributed by atoms with Gasteiger partial charge in [-0.15, -0.1) is 0 Å². The Morgan fingerprint density at radius 3 is 2.56 bits per heavy atom. The lowest BCUT2D eigenvalue weighted by Crippen LogP contribution is -2.05. The van der Waals surface area contributed by atoms with Gasteiger partial charge in [0.05, 0.1) is 0 Å². The van der Waals surface area contributed by atoms with E-state index in [4.69, 9.17) is 0 Å². The van der Waals surface area contributed by atoms with Gasteiger partial charge in [0.2, 0.25) is 0 Å². The lowest BCUT2D eigenvalue weighted by molar-refractivity contribution is 0.482. The van der Waals surface area contributed by atoms with Crippen LogP contribution in [0.5, 0.6) is 0 Å². The molecule has 0 amide bonds. The van der Waals surface area contributed by atoms with Crippen molar-refractivity contribution in [1.29, 1.82) is 0 Å². The first kappa shape index (κ1) is 11.1. The molecule has 0 fully saturated rings. The summed E-state index contributed by atoms with van der Waals surface area (Å²) in [5.74, 6) is 0. The summed E-state index contributed by atoms with van der Waals surface area (Å²) in [7, 11) is -4.18. The van der Waals surface area contributed by atoms with Crippen LogP contribution in [0.2, 0.25) is 0 Å². The summed E-state index contributed by atoms with van der Waals surface area (Å²) < 4.78 is 31.9. The minimum atomic E-state index is -4.18. The molecule has 0 spiro atoms. The SMILES string of the molecule is Cc1ccc2c(c1S(=O)(=O)O)C=CCC=C2. The summed E-state index contributed by atoms with van der Waals surface area (Å²) in [6, 6.07) is 3.55. The molecule has 2 rings (SSSR count). The number of aryl methyl sites for hydroxylation is 1. The van der Waals surface area contributed by atoms with E-state index >= 15 is 0 Å². The number of fused-ring (bicyclic) bond motifs is 1. The van der Waals surface area contributed by atoms with Crippen molar-refractivity contribution >= 4 is 22.3 Å². The fraction of sp³-hybridized carbons (Fsp3) is 0.167. The second-order valence-electron chi connectivity index (χ2n) is 3.73. The van der Waals surface area contributed by atoms with E-state index in [2.05, 4.69) is 0 Å². The molecule has 1 aliphatic carbocycles. The van der Waals surface area contributed by atoms with E-state index < -0.39 is 10.1 Å². The second-order valence-corrected chi connectivity index (χ2v) is 5.09. The molecule has 1 aliphatic rings. The first-order valence-corrected chi connectivity index (χ1v) is 6.38. The number of hydrogen-bond acceptors (Lipinski definition) is 2. The molecule has 0 saturated carbocycles. The topological polar surface area (TPSA) is 54.4 Å². The van der Waals surface area contributed by atoms with E-state index in [0.29, 0.717) is 11.1 Å². The maximum atomic E-state index is 11.3. The smallest absolute Gasteiger partial charge is 0.282 e. The molecule has 1 aromatic carbocycles. The predicted molar refractivity (Wildman–Crippen MR) is 63.7 cm³/mol. The van der Waals surface area contributed by atoms with Gasteiger partial charge in [-0.2, -0.15) is 8.42 Å². The monoisotopic (exact) mass is 236 g/mol. The van der Waals surface area contributed by atoms with Crippen LogP contribution in [0.3, 0.4) is 0 Å². The number of hydrogen-bond donors (Lipinski definition) is 1. The van der Waals surface area contributed by atoms with Crippen molar-refractivity contribution < 1.29 is 13.0 Å². The minimum Gasteiger partial charge on any atom is -0.282 e. The molecule has 4 heteroatoms. The highest BCUT2D eigenvalue weighted by Crippen LogP contribution is 2.27. The predicted octanol–water partition coefficient (Wildman–Crippen LogP) is 2.67. The van der Waals surface area contributed by atoms with Crippen LogP contribution in [0, 0.1) is 6.92 Å². The molecule has 1 N–H and O–H groups in total. The molecular weight excluding hydrogens is 224 g/mol. The number of benzene rings is 1. The molecule has 0 unspecified atom stereocenters. The summed E-state index contributed by atoms with van der Waals surface area (Å²) in [6.07, 6.45) is 8.19. The van der Waals surface area contributed by atoms with Crippen LogP contribution in [-0.4, -0.2) is 13.0 Å². The normalized spacial score (nSPS) is 14.6. The van der Waals surface area contributed by atoms with Gasteiger partial charge in [0.1, 0.15) is 4.90 Å². The number of allylic oxidation sites excluding steroid dienone is 2. The van der Waals surface area contributed by atoms with Gasteiger partial charge < -0.3 is 0 Å². The molecule has 0 atom stereocenters. The lowest BCUT2D eigenvalue weighted by atomic mass is 10.0. The van der Waals surface area contributed by atoms with Crippen molar-refractivity contribution in [2.45, 2.75) is 18.2 Å². The van der Waals surface area contributed by atoms with Crippen LogP contribution in [0.4, 0.5) is 0 Å². The van der Waals surface area contributed by atoms with Crippen molar-refractivity contribution in [2.75, 3.05) is 0 Å². The highest BCUT2D eigenvalue weighted by molar-refractivity contribution is 7.86. The summed E-state index contributed by atoms with van der Waals surface area (Å²) in [5.41, 5.74) is 1.93. The van der Waals surface area contributed by atoms with Crippen LogP contribution in [0.1, 0.15) is 23.1 Å². The molecular formula is C12H12O3S. The van der Waals surface area contributed by atoms with Gasteiger partial charge in [-0.1, -0.05) is 36.4 Å². The Bertz CT molecular complexity index is 581. The average molecular weight is 236 g/mol. The fourth-order valence-electron chi connectivity index (χ4n) is 1.84. The Labute approximate surface area is 94.9 Å². The zero-order chi connectivity index (χ0) is 11.8. The highest BCUT2D eigenvalue weighted by Gasteiger charge is 2.19. The summed E-state index contributed by atoms with van der Waals surface area (Å²) in [6.45, 7) is 1.67. The third-order valence-corrected chi connectivity index (χ3v) is 3.60. The molecule has 0 saturated heterocycles. The Hall–Kier alpha value is -1.39. The molecule has 16 heavy (non-hydrogen) atoms. The first-order valence-electron chi connectivity index (χ1n) is 4.94. The van der Waals surface area contributed by atoms with Crippen LogP contribution >= 0.6 is 0 Å². The van der Waals surface area contributed by atoms with Crippen molar-refractivity contribution in [1.82, 2.24) is 0 Å². The maximum absolute atomic E-state index is 11.3. The summed E-state index contributed by atoms with van der Waals surface area (Å²) in [5, 5.41) is 0. The van der Waals surface area contributed by atoms with Crippen molar-refractivity contribution in [2.24, 2.45) is 0 Å². The van der Waals surface area contributed by atoms with Crippen LogP contribution in [0.15, 0.2) is 29.2 Å². The average Bonchev–Trinajstić information content (AvgIpc) is 2.40. The first-order chi connectivity index (χ1) is 7.50. The van der Waals surface area contributed by atoms with Crippen LogP contribution in [-0.2, 0) is 10.1 Å². The van der Waals surface area contributed by atoms with Gasteiger partial charge in [0.15, 0.2) is 0 Å². The Kier molecular flexibility index (Phi) is 2.69. The zero-order valence-electron chi connectivity index (χ0n) is 8.84. The molecule has 0 heterocycles. The quantitative estimate of drug-likeness (QED) is 0.763. The number of rotatable bonds is 1. The van der Waals surface area contributed by atoms with Crippen LogP contribution < -0.4 is 0 Å². The van der Waals surface area contributed by atoms with E-state index in [9.17, 15) is 13.0 Å². The van der Waals surface area contributed by atoms with Gasteiger partial charge in [-0.05, 0) is 24.5 Å². The Morgan fingerprint density at radius 2 is 1.88 bits per heavy atom.